The molecule has 1 N–H and O–H groups in total. The Kier molecular flexibility index (Phi) is 5.60. The number of nitrogens with zero attached hydrogens (tertiary/aromatic N) is 3. The van der Waals surface area contributed by atoms with E-state index in [1.807, 2.05) is 6.26 Å². The van der Waals surface area contributed by atoms with Gasteiger partial charge in [-0.25, -0.2) is 9.69 Å². The Morgan fingerprint density at radius 2 is 2.07 bits per heavy atom. The molecule has 0 aliphatic carbocycles. The first-order chi connectivity index (χ1) is 14.5. The van der Waals surface area contributed by atoms with Crippen LogP contribution in [0.4, 0.5) is 0 Å². The Morgan fingerprint density at radius 1 is 1.30 bits per heavy atom. The number of furan rings is 1. The summed E-state index contributed by atoms with van der Waals surface area (Å²) in [6, 6.07) is 10.3. The van der Waals surface area contributed by atoms with Crippen molar-refractivity contribution in [3.8, 4) is 11.3 Å². The lowest BCUT2D eigenvalue weighted by atomic mass is 10.1. The molecule has 0 atom stereocenters. The number of esters is 1. The molecule has 1 aromatic heterocycles. The zero-order valence-electron chi connectivity index (χ0n) is 16.0. The fourth-order valence-corrected chi connectivity index (χ4v) is 4.30. The van der Waals surface area contributed by atoms with Crippen molar-refractivity contribution < 1.29 is 18.7 Å². The summed E-state index contributed by atoms with van der Waals surface area (Å²) in [5, 5.41) is 9.40. The van der Waals surface area contributed by atoms with Crippen LogP contribution in [0.1, 0.15) is 23.0 Å². The first-order valence-electron chi connectivity index (χ1n) is 8.92. The molecule has 0 spiro atoms. The largest absolute Gasteiger partial charge is 0.462 e. The summed E-state index contributed by atoms with van der Waals surface area (Å²) < 4.78 is 15.0. The first kappa shape index (κ1) is 20.2. The van der Waals surface area contributed by atoms with Gasteiger partial charge in [-0.05, 0) is 43.5 Å². The number of ether oxygens (including phenoxy) is 1. The zero-order valence-corrected chi connectivity index (χ0v) is 17.7. The van der Waals surface area contributed by atoms with Crippen LogP contribution in [0.2, 0.25) is 0 Å². The van der Waals surface area contributed by atoms with Gasteiger partial charge in [0.1, 0.15) is 17.4 Å². The number of thioether (sulfide) groups is 1. The number of carbonyl (C=O) groups excluding carboxylic acids is 2. The summed E-state index contributed by atoms with van der Waals surface area (Å²) in [5.41, 5.74) is 1.35. The summed E-state index contributed by atoms with van der Waals surface area (Å²) in [4.78, 5) is 29.7. The van der Waals surface area contributed by atoms with Crippen LogP contribution in [-0.2, 0) is 9.53 Å². The van der Waals surface area contributed by atoms with E-state index in [-0.39, 0.29) is 17.4 Å². The maximum atomic E-state index is 12.4. The Bertz CT molecular complexity index is 1130. The molecule has 0 fully saturated rings. The number of rotatable bonds is 4. The Morgan fingerprint density at radius 3 is 2.77 bits per heavy atom. The van der Waals surface area contributed by atoms with Crippen molar-refractivity contribution in [1.82, 2.24) is 4.90 Å². The summed E-state index contributed by atoms with van der Waals surface area (Å²) in [6.07, 6.45) is 3.35. The lowest BCUT2D eigenvalue weighted by Crippen LogP contribution is -2.41. The second-order valence-corrected chi connectivity index (χ2v) is 7.61. The standard InChI is InChI=1S/C20H16N4O4S2/c1-3-27-18(26)12-6-4-11(5-7-12)15-9-8-13(28-15)10-14-16(21)24-19(22-17(14)25)30-23-20(24)29-2/h4-10,21H,3H2,1-2H3/b14-10-,21-16?. The molecule has 2 aliphatic rings. The van der Waals surface area contributed by atoms with Gasteiger partial charge in [-0.1, -0.05) is 23.9 Å². The molecule has 0 saturated heterocycles. The van der Waals surface area contributed by atoms with E-state index >= 15 is 0 Å². The number of nitrogens with one attached hydrogen (secondary N) is 1. The quantitative estimate of drug-likeness (QED) is 0.434. The monoisotopic (exact) mass is 440 g/mol. The zero-order chi connectivity index (χ0) is 21.3. The number of benzene rings is 1. The van der Waals surface area contributed by atoms with Crippen LogP contribution in [0.25, 0.3) is 17.4 Å². The van der Waals surface area contributed by atoms with Gasteiger partial charge in [0.25, 0.3) is 5.91 Å². The van der Waals surface area contributed by atoms with Crippen molar-refractivity contribution in [2.75, 3.05) is 12.9 Å². The molecule has 1 amide bonds. The number of amides is 1. The average molecular weight is 441 g/mol. The van der Waals surface area contributed by atoms with E-state index in [9.17, 15) is 9.59 Å². The highest BCUT2D eigenvalue weighted by atomic mass is 32.2. The Balaban J connectivity index is 1.58. The van der Waals surface area contributed by atoms with Gasteiger partial charge in [-0.3, -0.25) is 10.2 Å². The summed E-state index contributed by atoms with van der Waals surface area (Å²) in [5.74, 6) is 0.115. The van der Waals surface area contributed by atoms with Crippen molar-refractivity contribution in [2.24, 2.45) is 9.39 Å². The van der Waals surface area contributed by atoms with Crippen molar-refractivity contribution >= 4 is 57.8 Å². The van der Waals surface area contributed by atoms with E-state index in [1.165, 1.54) is 17.8 Å². The molecular formula is C20H16N4O4S2. The fraction of sp³-hybridized carbons (Fsp3) is 0.150. The van der Waals surface area contributed by atoms with Gasteiger partial charge in [0.15, 0.2) is 5.17 Å². The molecule has 0 unspecified atom stereocenters. The smallest absolute Gasteiger partial charge is 0.338 e. The fourth-order valence-electron chi connectivity index (χ4n) is 2.85. The third kappa shape index (κ3) is 3.71. The minimum absolute atomic E-state index is 0.0137. The lowest BCUT2D eigenvalue weighted by molar-refractivity contribution is -0.114. The molecule has 3 heterocycles. The van der Waals surface area contributed by atoms with Gasteiger partial charge < -0.3 is 9.15 Å². The molecule has 30 heavy (non-hydrogen) atoms. The normalized spacial score (nSPS) is 17.1. The molecule has 0 saturated carbocycles. The highest BCUT2D eigenvalue weighted by Gasteiger charge is 2.37. The number of hydrogen-bond donors (Lipinski definition) is 1. The van der Waals surface area contributed by atoms with Gasteiger partial charge >= 0.3 is 5.97 Å². The minimum atomic E-state index is -0.506. The average Bonchev–Trinajstić information content (AvgIpc) is 3.38. The molecule has 8 nitrogen and oxygen atoms in total. The highest BCUT2D eigenvalue weighted by molar-refractivity contribution is 8.18. The van der Waals surface area contributed by atoms with E-state index in [4.69, 9.17) is 14.6 Å². The van der Waals surface area contributed by atoms with E-state index in [0.29, 0.717) is 34.0 Å². The van der Waals surface area contributed by atoms with Gasteiger partial charge in [-0.2, -0.15) is 9.39 Å². The molecule has 0 radical (unpaired) electrons. The number of fused-ring (bicyclic) bond motifs is 1. The molecule has 10 heteroatoms. The molecule has 152 valence electrons. The number of hydrogen-bond acceptors (Lipinski definition) is 8. The first-order valence-corrected chi connectivity index (χ1v) is 10.9. The highest BCUT2D eigenvalue weighted by Crippen LogP contribution is 2.31. The maximum Gasteiger partial charge on any atom is 0.338 e. The van der Waals surface area contributed by atoms with Crippen LogP contribution in [0.5, 0.6) is 0 Å². The van der Waals surface area contributed by atoms with Crippen LogP contribution in [0.15, 0.2) is 55.8 Å². The SMILES string of the molecule is CCOC(=O)c1ccc(-c2ccc(/C=C3/C(=N)N4C(SC)=NSC4=NC3=O)o2)cc1. The van der Waals surface area contributed by atoms with Crippen LogP contribution >= 0.6 is 23.7 Å². The predicted molar refractivity (Wildman–Crippen MR) is 119 cm³/mol. The van der Waals surface area contributed by atoms with Crippen LogP contribution in [0, 0.1) is 5.41 Å². The molecule has 2 aromatic rings. The molecule has 4 rings (SSSR count). The van der Waals surface area contributed by atoms with Gasteiger partial charge in [0, 0.05) is 5.56 Å². The second kappa shape index (κ2) is 8.33. The Hall–Kier alpha value is -3.11. The Labute approximate surface area is 180 Å². The predicted octanol–water partition coefficient (Wildman–Crippen LogP) is 4.06. The molecule has 1 aromatic carbocycles. The summed E-state index contributed by atoms with van der Waals surface area (Å²) in [6.45, 7) is 2.07. The topological polar surface area (TPSA) is 108 Å². The van der Waals surface area contributed by atoms with Gasteiger partial charge in [-0.15, -0.1) is 0 Å². The van der Waals surface area contributed by atoms with E-state index in [1.54, 1.807) is 48.2 Å². The van der Waals surface area contributed by atoms with Crippen LogP contribution < -0.4 is 0 Å². The summed E-state index contributed by atoms with van der Waals surface area (Å²) in [7, 11) is 0. The number of aliphatic imine (C=N–C) groups is 1. The van der Waals surface area contributed by atoms with Crippen LogP contribution in [-0.4, -0.2) is 45.8 Å². The van der Waals surface area contributed by atoms with Gasteiger partial charge in [0.2, 0.25) is 5.17 Å². The van der Waals surface area contributed by atoms with Crippen molar-refractivity contribution in [2.45, 2.75) is 6.92 Å². The summed E-state index contributed by atoms with van der Waals surface area (Å²) >= 11 is 2.46. The number of carbonyl (C=O) groups is 2. The lowest BCUT2D eigenvalue weighted by Gasteiger charge is -2.23. The van der Waals surface area contributed by atoms with Crippen molar-refractivity contribution in [1.29, 1.82) is 5.41 Å². The van der Waals surface area contributed by atoms with Gasteiger partial charge in [0.05, 0.1) is 29.7 Å². The molecule has 2 aliphatic heterocycles. The maximum absolute atomic E-state index is 12.4. The van der Waals surface area contributed by atoms with Crippen LogP contribution in [0.3, 0.4) is 0 Å². The third-order valence-corrected chi connectivity index (χ3v) is 5.73. The van der Waals surface area contributed by atoms with E-state index in [0.717, 1.165) is 17.5 Å². The van der Waals surface area contributed by atoms with E-state index in [2.05, 4.69) is 9.39 Å². The van der Waals surface area contributed by atoms with Crippen molar-refractivity contribution in [3.63, 3.8) is 0 Å². The molecular weight excluding hydrogens is 424 g/mol. The molecule has 0 bridgehead atoms. The second-order valence-electron chi connectivity index (χ2n) is 6.11. The third-order valence-electron chi connectivity index (χ3n) is 4.27. The minimum Gasteiger partial charge on any atom is -0.462 e. The number of amidine groups is 3. The van der Waals surface area contributed by atoms with E-state index < -0.39 is 5.91 Å². The van der Waals surface area contributed by atoms with Crippen molar-refractivity contribution in [3.05, 3.63) is 53.3 Å².